The molecule has 7 heteroatoms. The number of hydrogen-bond donors (Lipinski definition) is 1. The summed E-state index contributed by atoms with van der Waals surface area (Å²) in [7, 11) is 0. The van der Waals surface area contributed by atoms with Crippen LogP contribution in [-0.2, 0) is 0 Å². The maximum absolute atomic E-state index is 12.9. The van der Waals surface area contributed by atoms with Gasteiger partial charge in [-0.15, -0.1) is 0 Å². The van der Waals surface area contributed by atoms with Gasteiger partial charge < -0.3 is 5.32 Å². The zero-order valence-electron chi connectivity index (χ0n) is 13.4. The Morgan fingerprint density at radius 1 is 1.29 bits per heavy atom. The molecule has 2 heterocycles. The van der Waals surface area contributed by atoms with Gasteiger partial charge in [0.25, 0.3) is 0 Å². The molecular formula is C17H17ClN4OS. The van der Waals surface area contributed by atoms with Crippen LogP contribution >= 0.6 is 23.4 Å². The van der Waals surface area contributed by atoms with E-state index in [1.54, 1.807) is 42.1 Å². The number of aryl methyl sites for hydroxylation is 1. The number of nitrogens with one attached hydrogen (secondary N) is 1. The van der Waals surface area contributed by atoms with Gasteiger partial charge in [-0.05, 0) is 43.3 Å². The van der Waals surface area contributed by atoms with Gasteiger partial charge in [-0.3, -0.25) is 4.99 Å². The van der Waals surface area contributed by atoms with Crippen molar-refractivity contribution in [2.45, 2.75) is 19.1 Å². The molecule has 0 aliphatic carbocycles. The molecule has 0 saturated carbocycles. The van der Waals surface area contributed by atoms with Crippen molar-refractivity contribution in [3.8, 4) is 0 Å². The molecule has 1 aromatic carbocycles. The Kier molecular flexibility index (Phi) is 5.06. The van der Waals surface area contributed by atoms with E-state index in [0.29, 0.717) is 33.5 Å². The number of amides is 2. The Labute approximate surface area is 150 Å². The molecule has 3 rings (SSSR count). The fraction of sp³-hybridized carbons (Fsp3) is 0.235. The highest BCUT2D eigenvalue weighted by molar-refractivity contribution is 8.15. The summed E-state index contributed by atoms with van der Waals surface area (Å²) in [5.41, 5.74) is 1.51. The van der Waals surface area contributed by atoms with Gasteiger partial charge in [0.2, 0.25) is 0 Å². The second-order valence-corrected chi connectivity index (χ2v) is 7.30. The first-order valence-electron chi connectivity index (χ1n) is 7.54. The number of rotatable bonds is 2. The number of aromatic nitrogens is 1. The maximum atomic E-state index is 12.9. The average molecular weight is 361 g/mol. The Morgan fingerprint density at radius 3 is 2.67 bits per heavy atom. The van der Waals surface area contributed by atoms with Crippen molar-refractivity contribution in [2.75, 3.05) is 16.8 Å². The van der Waals surface area contributed by atoms with Crippen LogP contribution in [0.1, 0.15) is 12.6 Å². The van der Waals surface area contributed by atoms with Gasteiger partial charge in [-0.2, -0.15) is 0 Å². The molecule has 2 aromatic rings. The molecular weight excluding hydrogens is 344 g/mol. The van der Waals surface area contributed by atoms with Crippen LogP contribution in [0.2, 0.25) is 5.02 Å². The third kappa shape index (κ3) is 3.88. The van der Waals surface area contributed by atoms with Gasteiger partial charge in [-0.25, -0.2) is 14.7 Å². The lowest BCUT2D eigenvalue weighted by molar-refractivity contribution is 0.259. The molecule has 0 spiro atoms. The predicted octanol–water partition coefficient (Wildman–Crippen LogP) is 4.57. The first-order chi connectivity index (χ1) is 11.5. The molecule has 0 radical (unpaired) electrons. The SMILES string of the molecule is Cc1cccc(N(C(=O)Nc2ccc(Cl)cc2)C2=NC[C@@H](C)S2)n1. The average Bonchev–Trinajstić information content (AvgIpc) is 2.96. The van der Waals surface area contributed by atoms with Gasteiger partial charge in [0, 0.05) is 21.7 Å². The number of benzene rings is 1. The lowest BCUT2D eigenvalue weighted by Gasteiger charge is -2.22. The van der Waals surface area contributed by atoms with E-state index in [0.717, 1.165) is 5.69 Å². The minimum Gasteiger partial charge on any atom is -0.307 e. The number of pyridine rings is 1. The van der Waals surface area contributed by atoms with Crippen molar-refractivity contribution in [3.05, 3.63) is 53.2 Å². The summed E-state index contributed by atoms with van der Waals surface area (Å²) in [6.45, 7) is 4.67. The van der Waals surface area contributed by atoms with Crippen LogP contribution in [0.15, 0.2) is 47.5 Å². The van der Waals surface area contributed by atoms with Crippen LogP contribution in [0.5, 0.6) is 0 Å². The van der Waals surface area contributed by atoms with E-state index in [1.807, 2.05) is 19.1 Å². The molecule has 24 heavy (non-hydrogen) atoms. The smallest absolute Gasteiger partial charge is 0.307 e. The van der Waals surface area contributed by atoms with Gasteiger partial charge in [0.15, 0.2) is 5.17 Å². The van der Waals surface area contributed by atoms with Gasteiger partial charge in [-0.1, -0.05) is 36.4 Å². The molecule has 0 saturated heterocycles. The number of anilines is 2. The number of halogens is 1. The molecule has 0 bridgehead atoms. The number of urea groups is 1. The minimum atomic E-state index is -0.296. The van der Waals surface area contributed by atoms with Crippen molar-refractivity contribution in [1.29, 1.82) is 0 Å². The third-order valence-corrected chi connectivity index (χ3v) is 4.71. The summed E-state index contributed by atoms with van der Waals surface area (Å²) < 4.78 is 0. The Morgan fingerprint density at radius 2 is 2.04 bits per heavy atom. The molecule has 1 aromatic heterocycles. The number of carbonyl (C=O) groups excluding carboxylic acids is 1. The number of nitrogens with zero attached hydrogens (tertiary/aromatic N) is 3. The highest BCUT2D eigenvalue weighted by Crippen LogP contribution is 2.27. The zero-order valence-corrected chi connectivity index (χ0v) is 14.9. The fourth-order valence-corrected chi connectivity index (χ4v) is 3.31. The van der Waals surface area contributed by atoms with Crippen LogP contribution in [0, 0.1) is 6.92 Å². The van der Waals surface area contributed by atoms with Crippen LogP contribution in [-0.4, -0.2) is 28.0 Å². The Hall–Kier alpha value is -2.05. The van der Waals surface area contributed by atoms with Crippen LogP contribution in [0.3, 0.4) is 0 Å². The molecule has 124 valence electrons. The van der Waals surface area contributed by atoms with E-state index in [4.69, 9.17) is 11.6 Å². The van der Waals surface area contributed by atoms with E-state index >= 15 is 0 Å². The molecule has 5 nitrogen and oxygen atoms in total. The van der Waals surface area contributed by atoms with E-state index in [9.17, 15) is 4.79 Å². The van der Waals surface area contributed by atoms with E-state index < -0.39 is 0 Å². The molecule has 2 amide bonds. The van der Waals surface area contributed by atoms with Crippen molar-refractivity contribution >= 4 is 46.1 Å². The predicted molar refractivity (Wildman–Crippen MR) is 101 cm³/mol. The zero-order chi connectivity index (χ0) is 17.1. The molecule has 1 aliphatic heterocycles. The van der Waals surface area contributed by atoms with E-state index in [2.05, 4.69) is 22.2 Å². The van der Waals surface area contributed by atoms with Crippen molar-refractivity contribution in [1.82, 2.24) is 4.98 Å². The third-order valence-electron chi connectivity index (χ3n) is 3.38. The topological polar surface area (TPSA) is 57.6 Å². The normalized spacial score (nSPS) is 16.6. The van der Waals surface area contributed by atoms with Gasteiger partial charge in [0.05, 0.1) is 6.54 Å². The number of carbonyl (C=O) groups is 1. The summed E-state index contributed by atoms with van der Waals surface area (Å²) in [6, 6.07) is 12.3. The first kappa shape index (κ1) is 16.8. The lowest BCUT2D eigenvalue weighted by atomic mass is 10.3. The Balaban J connectivity index is 1.89. The minimum absolute atomic E-state index is 0.296. The maximum Gasteiger partial charge on any atom is 0.333 e. The van der Waals surface area contributed by atoms with Crippen LogP contribution in [0.4, 0.5) is 16.3 Å². The molecule has 0 fully saturated rings. The van der Waals surface area contributed by atoms with E-state index in [1.165, 1.54) is 4.90 Å². The van der Waals surface area contributed by atoms with Crippen LogP contribution < -0.4 is 10.2 Å². The van der Waals surface area contributed by atoms with Gasteiger partial charge >= 0.3 is 6.03 Å². The summed E-state index contributed by atoms with van der Waals surface area (Å²) in [5, 5.41) is 4.50. The number of aliphatic imine (C=N–C) groups is 1. The quantitative estimate of drug-likeness (QED) is 0.853. The van der Waals surface area contributed by atoms with Crippen LogP contribution in [0.25, 0.3) is 0 Å². The summed E-state index contributed by atoms with van der Waals surface area (Å²) >= 11 is 7.46. The second-order valence-electron chi connectivity index (χ2n) is 5.46. The number of amidine groups is 1. The molecule has 0 unspecified atom stereocenters. The standard InChI is InChI=1S/C17H17ClN4OS/c1-11-4-3-5-15(20-11)22(17-19-10-12(2)24-17)16(23)21-14-8-6-13(18)7-9-14/h3-9,12H,10H2,1-2H3,(H,21,23)/t12-/m1/s1. The monoisotopic (exact) mass is 360 g/mol. The van der Waals surface area contributed by atoms with Crippen molar-refractivity contribution in [2.24, 2.45) is 4.99 Å². The fourth-order valence-electron chi connectivity index (χ4n) is 2.24. The molecule has 1 N–H and O–H groups in total. The molecule has 1 aliphatic rings. The molecule has 1 atom stereocenters. The van der Waals surface area contributed by atoms with E-state index in [-0.39, 0.29) is 6.03 Å². The lowest BCUT2D eigenvalue weighted by Crippen LogP contribution is -2.39. The summed E-state index contributed by atoms with van der Waals surface area (Å²) in [5.74, 6) is 0.557. The van der Waals surface area contributed by atoms with Crippen molar-refractivity contribution < 1.29 is 4.79 Å². The van der Waals surface area contributed by atoms with Crippen molar-refractivity contribution in [3.63, 3.8) is 0 Å². The number of thioether (sulfide) groups is 1. The van der Waals surface area contributed by atoms with Gasteiger partial charge in [0.1, 0.15) is 5.82 Å². The first-order valence-corrected chi connectivity index (χ1v) is 8.80. The summed E-state index contributed by atoms with van der Waals surface area (Å²) in [4.78, 5) is 23.3. The Bertz CT molecular complexity index is 778. The largest absolute Gasteiger partial charge is 0.333 e. The highest BCUT2D eigenvalue weighted by Gasteiger charge is 2.28. The summed E-state index contributed by atoms with van der Waals surface area (Å²) in [6.07, 6.45) is 0. The highest BCUT2D eigenvalue weighted by atomic mass is 35.5. The number of hydrogen-bond acceptors (Lipinski definition) is 4. The second kappa shape index (κ2) is 7.23.